The van der Waals surface area contributed by atoms with Crippen molar-refractivity contribution in [2.45, 2.75) is 6.92 Å². The third-order valence-corrected chi connectivity index (χ3v) is 12.4. The monoisotopic (exact) mass is 969 g/mol. The number of nitrogens with one attached hydrogen (secondary N) is 1. The van der Waals surface area contributed by atoms with Crippen molar-refractivity contribution in [2.75, 3.05) is 38.9 Å². The highest BCUT2D eigenvalue weighted by atomic mass is 16.5. The quantitative estimate of drug-likeness (QED) is 0.0730. The molecule has 9 rings (SSSR count). The third-order valence-electron chi connectivity index (χ3n) is 12.4. The maximum absolute atomic E-state index is 6.38. The van der Waals surface area contributed by atoms with Crippen molar-refractivity contribution in [1.82, 2.24) is 0 Å². The standard InChI is InChI=1S/C68H59NO5/c1-3-71-61-34-24-55(25-35-61)65(51-16-8-4-9-17-51)44-47-72-62-36-26-56(27-37-62)66(52-18-10-5-11-19-52)45-48-73-63-38-28-57(29-39-63)67(53-20-12-6-13-21-53)46-49-74-64-40-30-58(31-41-64)68(54-22-14-7-15-23-54)50-69-59-32-42-60(70-2)43-33-59/h4-46,50,69H,3,47-49H2,1-2H3/b65-44-,66-45-,67-46-,68-50+. The van der Waals surface area contributed by atoms with Gasteiger partial charge in [-0.05, 0) is 159 Å². The highest BCUT2D eigenvalue weighted by Crippen LogP contribution is 2.31. The third kappa shape index (κ3) is 13.6. The molecule has 9 aromatic rings. The first-order valence-electron chi connectivity index (χ1n) is 25.0. The summed E-state index contributed by atoms with van der Waals surface area (Å²) in [5.41, 5.74) is 14.0. The molecule has 0 fully saturated rings. The van der Waals surface area contributed by atoms with Crippen LogP contribution in [0.5, 0.6) is 28.7 Å². The minimum atomic E-state index is 0.385. The average molecular weight is 970 g/mol. The summed E-state index contributed by atoms with van der Waals surface area (Å²) in [6, 6.07) is 82.5. The van der Waals surface area contributed by atoms with Crippen LogP contribution in [0.15, 0.2) is 267 Å². The van der Waals surface area contributed by atoms with Crippen LogP contribution in [0.2, 0.25) is 0 Å². The molecule has 0 aliphatic rings. The summed E-state index contributed by atoms with van der Waals surface area (Å²) in [4.78, 5) is 0. The summed E-state index contributed by atoms with van der Waals surface area (Å²) >= 11 is 0. The zero-order valence-corrected chi connectivity index (χ0v) is 41.8. The van der Waals surface area contributed by atoms with E-state index in [-0.39, 0.29) is 0 Å². The highest BCUT2D eigenvalue weighted by molar-refractivity contribution is 5.83. The van der Waals surface area contributed by atoms with Crippen molar-refractivity contribution in [2.24, 2.45) is 0 Å². The summed E-state index contributed by atoms with van der Waals surface area (Å²) in [5.74, 6) is 4.03. The summed E-state index contributed by atoms with van der Waals surface area (Å²) in [6.07, 6.45) is 8.46. The molecule has 0 spiro atoms. The maximum Gasteiger partial charge on any atom is 0.119 e. The van der Waals surface area contributed by atoms with Crippen LogP contribution in [0.25, 0.3) is 22.3 Å². The smallest absolute Gasteiger partial charge is 0.119 e. The number of benzene rings is 9. The molecule has 6 nitrogen and oxygen atoms in total. The van der Waals surface area contributed by atoms with Gasteiger partial charge in [-0.2, -0.15) is 0 Å². The first kappa shape index (κ1) is 49.7. The van der Waals surface area contributed by atoms with Gasteiger partial charge in [-0.15, -0.1) is 0 Å². The first-order chi connectivity index (χ1) is 36.6. The maximum atomic E-state index is 6.38. The lowest BCUT2D eigenvalue weighted by Crippen LogP contribution is -1.99. The van der Waals surface area contributed by atoms with Gasteiger partial charge in [0.15, 0.2) is 0 Å². The Kier molecular flexibility index (Phi) is 17.3. The van der Waals surface area contributed by atoms with Gasteiger partial charge in [0.2, 0.25) is 0 Å². The van der Waals surface area contributed by atoms with Gasteiger partial charge in [0.1, 0.15) is 48.6 Å². The first-order valence-corrected chi connectivity index (χ1v) is 25.0. The molecule has 0 amide bonds. The molecule has 0 aliphatic carbocycles. The van der Waals surface area contributed by atoms with Crippen LogP contribution < -0.4 is 29.0 Å². The molecule has 366 valence electrons. The van der Waals surface area contributed by atoms with Gasteiger partial charge in [-0.1, -0.05) is 170 Å². The van der Waals surface area contributed by atoms with E-state index in [1.54, 1.807) is 7.11 Å². The van der Waals surface area contributed by atoms with E-state index in [9.17, 15) is 0 Å². The Morgan fingerprint density at radius 1 is 0.311 bits per heavy atom. The van der Waals surface area contributed by atoms with Gasteiger partial charge in [0.05, 0.1) is 13.7 Å². The van der Waals surface area contributed by atoms with E-state index in [0.29, 0.717) is 26.4 Å². The zero-order chi connectivity index (χ0) is 50.6. The summed E-state index contributed by atoms with van der Waals surface area (Å²) in [5, 5.41) is 3.46. The van der Waals surface area contributed by atoms with Gasteiger partial charge in [0, 0.05) is 17.5 Å². The molecule has 6 heteroatoms. The SMILES string of the molecule is CCOc1ccc(/C(=C\COc2ccc(/C(=C\COc3ccc(/C(=C\COc4ccc(/C(=C/Nc5ccc(OC)cc5)c5ccccc5)cc4)c4ccccc4)cc3)c3ccccc3)cc2)c2ccccc2)cc1. The Morgan fingerprint density at radius 3 is 0.892 bits per heavy atom. The Hall–Kier alpha value is -9.26. The van der Waals surface area contributed by atoms with Crippen LogP contribution in [0, 0.1) is 0 Å². The molecule has 74 heavy (non-hydrogen) atoms. The molecule has 0 saturated carbocycles. The molecule has 0 unspecified atom stereocenters. The van der Waals surface area contributed by atoms with Crippen LogP contribution in [0.4, 0.5) is 5.69 Å². The lowest BCUT2D eigenvalue weighted by molar-refractivity contribution is 0.340. The second kappa shape index (κ2) is 25.7. The Morgan fingerprint density at radius 2 is 0.581 bits per heavy atom. The van der Waals surface area contributed by atoms with Crippen molar-refractivity contribution in [3.8, 4) is 28.7 Å². The minimum Gasteiger partial charge on any atom is -0.497 e. The van der Waals surface area contributed by atoms with E-state index in [0.717, 1.165) is 101 Å². The van der Waals surface area contributed by atoms with E-state index in [1.165, 1.54) is 0 Å². The summed E-state index contributed by atoms with van der Waals surface area (Å²) in [6.45, 7) is 3.81. The van der Waals surface area contributed by atoms with E-state index in [4.69, 9.17) is 23.7 Å². The number of ether oxygens (including phenoxy) is 5. The average Bonchev–Trinajstić information content (AvgIpc) is 3.47. The van der Waals surface area contributed by atoms with Crippen LogP contribution >= 0.6 is 0 Å². The molecule has 0 atom stereocenters. The molecule has 0 saturated heterocycles. The second-order valence-electron chi connectivity index (χ2n) is 17.2. The van der Waals surface area contributed by atoms with Gasteiger partial charge in [-0.3, -0.25) is 0 Å². The van der Waals surface area contributed by atoms with Crippen molar-refractivity contribution in [3.63, 3.8) is 0 Å². The Labute approximate surface area is 435 Å². The van der Waals surface area contributed by atoms with Crippen molar-refractivity contribution < 1.29 is 23.7 Å². The number of rotatable bonds is 22. The second-order valence-corrected chi connectivity index (χ2v) is 17.2. The molecule has 1 N–H and O–H groups in total. The molecule has 0 radical (unpaired) electrons. The van der Waals surface area contributed by atoms with Gasteiger partial charge in [0.25, 0.3) is 0 Å². The van der Waals surface area contributed by atoms with Crippen LogP contribution in [-0.4, -0.2) is 33.5 Å². The lowest BCUT2D eigenvalue weighted by atomic mass is 9.97. The number of methoxy groups -OCH3 is 1. The molecule has 0 aromatic heterocycles. The highest BCUT2D eigenvalue weighted by Gasteiger charge is 2.11. The van der Waals surface area contributed by atoms with Crippen LogP contribution in [0.3, 0.4) is 0 Å². The zero-order valence-electron chi connectivity index (χ0n) is 41.8. The largest absolute Gasteiger partial charge is 0.497 e. The van der Waals surface area contributed by atoms with Gasteiger partial charge in [-0.25, -0.2) is 0 Å². The topological polar surface area (TPSA) is 58.2 Å². The normalized spacial score (nSPS) is 11.9. The number of hydrogen-bond donors (Lipinski definition) is 1. The Bertz CT molecular complexity index is 3260. The van der Waals surface area contributed by atoms with Crippen molar-refractivity contribution in [1.29, 1.82) is 0 Å². The van der Waals surface area contributed by atoms with E-state index >= 15 is 0 Å². The molecular weight excluding hydrogens is 911 g/mol. The molecule has 0 heterocycles. The van der Waals surface area contributed by atoms with E-state index in [1.807, 2.05) is 110 Å². The van der Waals surface area contributed by atoms with Crippen molar-refractivity contribution >= 4 is 28.0 Å². The predicted molar refractivity (Wildman–Crippen MR) is 304 cm³/mol. The number of anilines is 1. The minimum absolute atomic E-state index is 0.385. The van der Waals surface area contributed by atoms with Gasteiger partial charge < -0.3 is 29.0 Å². The van der Waals surface area contributed by atoms with E-state index in [2.05, 4.69) is 169 Å². The molecule has 0 bridgehead atoms. The molecular formula is C68H59NO5. The fourth-order valence-electron chi connectivity index (χ4n) is 8.61. The van der Waals surface area contributed by atoms with Crippen LogP contribution in [0.1, 0.15) is 51.4 Å². The van der Waals surface area contributed by atoms with Crippen molar-refractivity contribution in [3.05, 3.63) is 312 Å². The lowest BCUT2D eigenvalue weighted by Gasteiger charge is -2.13. The molecule has 0 aliphatic heterocycles. The van der Waals surface area contributed by atoms with Gasteiger partial charge >= 0.3 is 0 Å². The fourth-order valence-corrected chi connectivity index (χ4v) is 8.61. The number of hydrogen-bond acceptors (Lipinski definition) is 6. The fraction of sp³-hybridized carbons (Fsp3) is 0.0882. The Balaban J connectivity index is 0.852. The van der Waals surface area contributed by atoms with E-state index < -0.39 is 0 Å². The predicted octanol–water partition coefficient (Wildman–Crippen LogP) is 16.1. The molecule has 9 aromatic carbocycles. The summed E-state index contributed by atoms with van der Waals surface area (Å²) in [7, 11) is 1.67. The van der Waals surface area contributed by atoms with Crippen LogP contribution in [-0.2, 0) is 0 Å². The summed E-state index contributed by atoms with van der Waals surface area (Å²) < 4.78 is 30.1.